The van der Waals surface area contributed by atoms with Crippen molar-refractivity contribution in [2.75, 3.05) is 13.1 Å². The van der Waals surface area contributed by atoms with Crippen LogP contribution in [0.1, 0.15) is 45.4 Å². The average Bonchev–Trinajstić information content (AvgIpc) is 2.65. The van der Waals surface area contributed by atoms with Crippen LogP contribution in [0, 0.1) is 11.8 Å². The Morgan fingerprint density at radius 2 is 2.25 bits per heavy atom. The van der Waals surface area contributed by atoms with E-state index in [0.29, 0.717) is 12.0 Å². The largest absolute Gasteiger partial charge is 0.352 e. The number of piperidine rings is 1. The zero-order chi connectivity index (χ0) is 11.4. The highest BCUT2D eigenvalue weighted by Gasteiger charge is 2.24. The minimum atomic E-state index is 0.271. The molecule has 1 heterocycles. The molecule has 2 rings (SSSR count). The third-order valence-corrected chi connectivity index (χ3v) is 3.94. The number of carbonyl (C=O) groups is 1. The summed E-state index contributed by atoms with van der Waals surface area (Å²) < 4.78 is 0. The van der Waals surface area contributed by atoms with Crippen LogP contribution in [0.15, 0.2) is 0 Å². The van der Waals surface area contributed by atoms with E-state index in [-0.39, 0.29) is 5.91 Å². The van der Waals surface area contributed by atoms with Gasteiger partial charge in [0.15, 0.2) is 0 Å². The summed E-state index contributed by atoms with van der Waals surface area (Å²) in [5, 5.41) is 6.49. The van der Waals surface area contributed by atoms with Gasteiger partial charge in [-0.3, -0.25) is 4.79 Å². The minimum Gasteiger partial charge on any atom is -0.352 e. The molecule has 0 spiro atoms. The number of carbonyl (C=O) groups excluding carboxylic acids is 1. The predicted molar refractivity (Wildman–Crippen MR) is 65.2 cm³/mol. The Kier molecular flexibility index (Phi) is 4.22. The van der Waals surface area contributed by atoms with E-state index in [9.17, 15) is 4.79 Å². The summed E-state index contributed by atoms with van der Waals surface area (Å²) in [6.07, 6.45) is 6.88. The van der Waals surface area contributed by atoms with Crippen molar-refractivity contribution in [1.29, 1.82) is 0 Å². The molecule has 3 heteroatoms. The molecule has 0 aromatic carbocycles. The Morgan fingerprint density at radius 1 is 1.38 bits per heavy atom. The van der Waals surface area contributed by atoms with E-state index < -0.39 is 0 Å². The first-order valence-electron chi connectivity index (χ1n) is 6.74. The molecular weight excluding hydrogens is 200 g/mol. The van der Waals surface area contributed by atoms with E-state index in [1.54, 1.807) is 0 Å². The van der Waals surface area contributed by atoms with E-state index in [4.69, 9.17) is 0 Å². The fourth-order valence-electron chi connectivity index (χ4n) is 3.03. The first-order valence-corrected chi connectivity index (χ1v) is 6.74. The molecule has 1 aliphatic carbocycles. The molecule has 1 saturated heterocycles. The van der Waals surface area contributed by atoms with Crippen LogP contribution < -0.4 is 10.6 Å². The van der Waals surface area contributed by atoms with Gasteiger partial charge in [-0.05, 0) is 44.1 Å². The molecule has 16 heavy (non-hydrogen) atoms. The first-order chi connectivity index (χ1) is 7.74. The molecule has 0 radical (unpaired) electrons. The number of rotatable bonds is 3. The van der Waals surface area contributed by atoms with Gasteiger partial charge in [-0.15, -0.1) is 0 Å². The lowest BCUT2D eigenvalue weighted by atomic mass is 10.0. The first kappa shape index (κ1) is 11.9. The molecule has 2 N–H and O–H groups in total. The molecule has 92 valence electrons. The second-order valence-electron chi connectivity index (χ2n) is 5.60. The van der Waals surface area contributed by atoms with Gasteiger partial charge in [0.05, 0.1) is 0 Å². The average molecular weight is 224 g/mol. The molecule has 1 aliphatic heterocycles. The van der Waals surface area contributed by atoms with Gasteiger partial charge in [-0.1, -0.05) is 13.3 Å². The van der Waals surface area contributed by atoms with Crippen LogP contribution in [0.4, 0.5) is 0 Å². The van der Waals surface area contributed by atoms with Gasteiger partial charge in [-0.25, -0.2) is 0 Å². The second-order valence-corrected chi connectivity index (χ2v) is 5.60. The summed E-state index contributed by atoms with van der Waals surface area (Å²) in [5.74, 6) is 1.74. The van der Waals surface area contributed by atoms with Crippen LogP contribution in [0.2, 0.25) is 0 Å². The Bertz CT molecular complexity index is 227. The second kappa shape index (κ2) is 5.67. The molecule has 0 aromatic rings. The fraction of sp³-hybridized carbons (Fsp3) is 0.923. The zero-order valence-electron chi connectivity index (χ0n) is 10.3. The van der Waals surface area contributed by atoms with Crippen molar-refractivity contribution in [3.63, 3.8) is 0 Å². The third-order valence-electron chi connectivity index (χ3n) is 3.94. The monoisotopic (exact) mass is 224 g/mol. The van der Waals surface area contributed by atoms with Crippen LogP contribution in [-0.2, 0) is 4.79 Å². The molecule has 3 nitrogen and oxygen atoms in total. The summed E-state index contributed by atoms with van der Waals surface area (Å²) >= 11 is 0. The molecule has 1 amide bonds. The van der Waals surface area contributed by atoms with Crippen molar-refractivity contribution >= 4 is 5.91 Å². The standard InChI is InChI=1S/C13H24N2O/c1-10-4-5-11(7-10)8-13(16)15-12-3-2-6-14-9-12/h10-12,14H,2-9H2,1H3,(H,15,16). The van der Waals surface area contributed by atoms with Crippen LogP contribution in [0.3, 0.4) is 0 Å². The van der Waals surface area contributed by atoms with Crippen LogP contribution >= 0.6 is 0 Å². The van der Waals surface area contributed by atoms with Crippen molar-refractivity contribution in [3.05, 3.63) is 0 Å². The lowest BCUT2D eigenvalue weighted by molar-refractivity contribution is -0.122. The van der Waals surface area contributed by atoms with Gasteiger partial charge in [0.1, 0.15) is 0 Å². The highest BCUT2D eigenvalue weighted by molar-refractivity contribution is 5.76. The van der Waals surface area contributed by atoms with Gasteiger partial charge in [0.2, 0.25) is 5.91 Å². The Balaban J connectivity index is 1.67. The lowest BCUT2D eigenvalue weighted by Crippen LogP contribution is -2.45. The Morgan fingerprint density at radius 3 is 2.88 bits per heavy atom. The van der Waals surface area contributed by atoms with Crippen molar-refractivity contribution in [3.8, 4) is 0 Å². The van der Waals surface area contributed by atoms with Gasteiger partial charge in [-0.2, -0.15) is 0 Å². The number of hydrogen-bond acceptors (Lipinski definition) is 2. The van der Waals surface area contributed by atoms with Gasteiger partial charge >= 0.3 is 0 Å². The van der Waals surface area contributed by atoms with Crippen molar-refractivity contribution in [1.82, 2.24) is 10.6 Å². The smallest absolute Gasteiger partial charge is 0.220 e. The summed E-state index contributed by atoms with van der Waals surface area (Å²) in [6, 6.07) is 0.375. The highest BCUT2D eigenvalue weighted by Crippen LogP contribution is 2.32. The van der Waals surface area contributed by atoms with Crippen molar-refractivity contribution < 1.29 is 4.79 Å². The normalized spacial score (nSPS) is 34.9. The quantitative estimate of drug-likeness (QED) is 0.766. The van der Waals surface area contributed by atoms with Crippen LogP contribution in [0.25, 0.3) is 0 Å². The Labute approximate surface area is 98.4 Å². The van der Waals surface area contributed by atoms with Gasteiger partial charge in [0.25, 0.3) is 0 Å². The Hall–Kier alpha value is -0.570. The van der Waals surface area contributed by atoms with Gasteiger partial charge in [0, 0.05) is 19.0 Å². The molecule has 2 aliphatic rings. The predicted octanol–water partition coefficient (Wildman–Crippen LogP) is 1.68. The minimum absolute atomic E-state index is 0.271. The molecular formula is C13H24N2O. The summed E-state index contributed by atoms with van der Waals surface area (Å²) in [6.45, 7) is 4.35. The molecule has 2 fully saturated rings. The summed E-state index contributed by atoms with van der Waals surface area (Å²) in [5.41, 5.74) is 0. The van der Waals surface area contributed by atoms with Crippen LogP contribution in [-0.4, -0.2) is 25.0 Å². The number of hydrogen-bond donors (Lipinski definition) is 2. The molecule has 3 atom stereocenters. The van der Waals surface area contributed by atoms with Crippen molar-refractivity contribution in [2.45, 2.75) is 51.5 Å². The topological polar surface area (TPSA) is 41.1 Å². The zero-order valence-corrected chi connectivity index (χ0v) is 10.3. The van der Waals surface area contributed by atoms with Crippen LogP contribution in [0.5, 0.6) is 0 Å². The van der Waals surface area contributed by atoms with E-state index in [1.807, 2.05) is 0 Å². The maximum atomic E-state index is 11.8. The number of nitrogens with one attached hydrogen (secondary N) is 2. The van der Waals surface area contributed by atoms with E-state index in [0.717, 1.165) is 31.8 Å². The number of amides is 1. The van der Waals surface area contributed by atoms with Crippen molar-refractivity contribution in [2.24, 2.45) is 11.8 Å². The molecule has 1 saturated carbocycles. The summed E-state index contributed by atoms with van der Waals surface area (Å²) in [4.78, 5) is 11.8. The van der Waals surface area contributed by atoms with E-state index in [1.165, 1.54) is 25.7 Å². The van der Waals surface area contributed by atoms with E-state index in [2.05, 4.69) is 17.6 Å². The highest BCUT2D eigenvalue weighted by atomic mass is 16.1. The lowest BCUT2D eigenvalue weighted by Gasteiger charge is -2.24. The maximum absolute atomic E-state index is 11.8. The molecule has 0 aromatic heterocycles. The maximum Gasteiger partial charge on any atom is 0.220 e. The van der Waals surface area contributed by atoms with Gasteiger partial charge < -0.3 is 10.6 Å². The van der Waals surface area contributed by atoms with E-state index >= 15 is 0 Å². The summed E-state index contributed by atoms with van der Waals surface area (Å²) in [7, 11) is 0. The third kappa shape index (κ3) is 3.48. The fourth-order valence-corrected chi connectivity index (χ4v) is 3.03. The molecule has 0 bridgehead atoms. The SMILES string of the molecule is CC1CCC(CC(=O)NC2CCCNC2)C1. The molecule has 3 unspecified atom stereocenters.